The number of alkyl halides is 1. The standard InChI is InChI=1S/C7H4Br2ClF/c8-3-4-1-5(10)2-6(9)7(4)11/h1-2H,3H2. The van der Waals surface area contributed by atoms with Crippen molar-refractivity contribution in [1.82, 2.24) is 0 Å². The normalized spacial score (nSPS) is 10.2. The first-order valence-corrected chi connectivity index (χ1v) is 5.13. The number of rotatable bonds is 1. The van der Waals surface area contributed by atoms with E-state index in [1.54, 1.807) is 6.07 Å². The fourth-order valence-electron chi connectivity index (χ4n) is 0.707. The summed E-state index contributed by atoms with van der Waals surface area (Å²) in [5, 5.41) is 1.01. The SMILES string of the molecule is Fc1c(Br)cc(Cl)cc1CBr. The smallest absolute Gasteiger partial charge is 0.141 e. The maximum Gasteiger partial charge on any atom is 0.141 e. The minimum Gasteiger partial charge on any atom is -0.205 e. The van der Waals surface area contributed by atoms with Crippen LogP contribution in [0.15, 0.2) is 16.6 Å². The van der Waals surface area contributed by atoms with Crippen LogP contribution in [0, 0.1) is 5.82 Å². The lowest BCUT2D eigenvalue weighted by molar-refractivity contribution is 0.611. The molecule has 0 aromatic heterocycles. The van der Waals surface area contributed by atoms with Crippen LogP contribution in [-0.2, 0) is 5.33 Å². The number of halogens is 4. The van der Waals surface area contributed by atoms with Crippen LogP contribution < -0.4 is 0 Å². The third-order valence-electron chi connectivity index (χ3n) is 1.21. The Hall–Kier alpha value is 0.400. The first-order chi connectivity index (χ1) is 5.15. The summed E-state index contributed by atoms with van der Waals surface area (Å²) >= 11 is 11.9. The van der Waals surface area contributed by atoms with Crippen molar-refractivity contribution in [2.75, 3.05) is 0 Å². The molecule has 0 aliphatic rings. The highest BCUT2D eigenvalue weighted by molar-refractivity contribution is 9.10. The van der Waals surface area contributed by atoms with Crippen LogP contribution >= 0.6 is 43.5 Å². The molecule has 60 valence electrons. The molecule has 0 amide bonds. The summed E-state index contributed by atoms with van der Waals surface area (Å²) in [4.78, 5) is 0. The Balaban J connectivity index is 3.24. The number of hydrogen-bond acceptors (Lipinski definition) is 0. The molecule has 0 N–H and O–H groups in total. The summed E-state index contributed by atoms with van der Waals surface area (Å²) < 4.78 is 13.4. The van der Waals surface area contributed by atoms with Crippen molar-refractivity contribution in [1.29, 1.82) is 0 Å². The second-order valence-electron chi connectivity index (χ2n) is 1.99. The van der Waals surface area contributed by atoms with Crippen LogP contribution in [0.5, 0.6) is 0 Å². The third-order valence-corrected chi connectivity index (χ3v) is 2.61. The summed E-state index contributed by atoms with van der Waals surface area (Å²) in [6, 6.07) is 3.12. The molecule has 1 rings (SSSR count). The van der Waals surface area contributed by atoms with Gasteiger partial charge in [0.05, 0.1) is 4.47 Å². The fourth-order valence-corrected chi connectivity index (χ4v) is 1.99. The van der Waals surface area contributed by atoms with E-state index in [2.05, 4.69) is 31.9 Å². The van der Waals surface area contributed by atoms with Gasteiger partial charge in [-0.25, -0.2) is 4.39 Å². The second kappa shape index (κ2) is 3.87. The molecule has 0 saturated heterocycles. The molecule has 1 aromatic carbocycles. The maximum absolute atomic E-state index is 13.0. The Labute approximate surface area is 86.0 Å². The van der Waals surface area contributed by atoms with Crippen LogP contribution in [0.25, 0.3) is 0 Å². The summed E-state index contributed by atoms with van der Waals surface area (Å²) in [7, 11) is 0. The molecule has 0 aliphatic carbocycles. The van der Waals surface area contributed by atoms with Crippen molar-refractivity contribution in [2.45, 2.75) is 5.33 Å². The Morgan fingerprint density at radius 3 is 2.64 bits per heavy atom. The van der Waals surface area contributed by atoms with E-state index in [4.69, 9.17) is 11.6 Å². The third kappa shape index (κ3) is 2.17. The molecule has 1 aromatic rings. The van der Waals surface area contributed by atoms with E-state index in [9.17, 15) is 4.39 Å². The second-order valence-corrected chi connectivity index (χ2v) is 3.85. The minimum atomic E-state index is -0.258. The van der Waals surface area contributed by atoms with Crippen LogP contribution in [0.2, 0.25) is 5.02 Å². The van der Waals surface area contributed by atoms with Gasteiger partial charge in [-0.1, -0.05) is 27.5 Å². The Morgan fingerprint density at radius 2 is 2.09 bits per heavy atom. The molecular weight excluding hydrogens is 298 g/mol. The highest BCUT2D eigenvalue weighted by Gasteiger charge is 2.06. The fraction of sp³-hybridized carbons (Fsp3) is 0.143. The van der Waals surface area contributed by atoms with E-state index >= 15 is 0 Å². The maximum atomic E-state index is 13.0. The van der Waals surface area contributed by atoms with Gasteiger partial charge < -0.3 is 0 Å². The lowest BCUT2D eigenvalue weighted by atomic mass is 10.2. The van der Waals surface area contributed by atoms with Gasteiger partial charge in [-0.05, 0) is 28.1 Å². The van der Waals surface area contributed by atoms with Crippen molar-refractivity contribution in [2.24, 2.45) is 0 Å². The molecule has 0 radical (unpaired) electrons. The first-order valence-electron chi connectivity index (χ1n) is 2.84. The van der Waals surface area contributed by atoms with Gasteiger partial charge in [-0.3, -0.25) is 0 Å². The lowest BCUT2D eigenvalue weighted by Gasteiger charge is -2.01. The van der Waals surface area contributed by atoms with Gasteiger partial charge in [0, 0.05) is 15.9 Å². The molecule has 0 spiro atoms. The molecule has 11 heavy (non-hydrogen) atoms. The predicted octanol–water partition coefficient (Wildman–Crippen LogP) is 4.14. The quantitative estimate of drug-likeness (QED) is 0.540. The Morgan fingerprint density at radius 1 is 1.45 bits per heavy atom. The molecule has 4 heteroatoms. The molecule has 0 nitrogen and oxygen atoms in total. The summed E-state index contributed by atoms with van der Waals surface area (Å²) in [5.41, 5.74) is 0.560. The molecule has 0 bridgehead atoms. The van der Waals surface area contributed by atoms with Crippen molar-refractivity contribution in [3.63, 3.8) is 0 Å². The molecule has 0 atom stereocenters. The highest BCUT2D eigenvalue weighted by atomic mass is 79.9. The van der Waals surface area contributed by atoms with Crippen molar-refractivity contribution >= 4 is 43.5 Å². The van der Waals surface area contributed by atoms with E-state index in [1.807, 2.05) is 0 Å². The molecule has 0 heterocycles. The zero-order valence-electron chi connectivity index (χ0n) is 5.37. The van der Waals surface area contributed by atoms with Gasteiger partial charge in [0.15, 0.2) is 0 Å². The molecule has 0 aliphatic heterocycles. The van der Waals surface area contributed by atoms with E-state index in [0.717, 1.165) is 0 Å². The highest BCUT2D eigenvalue weighted by Crippen LogP contribution is 2.25. The Kier molecular flexibility index (Phi) is 3.34. The monoisotopic (exact) mass is 300 g/mol. The molecule has 0 fully saturated rings. The Bertz CT molecular complexity index is 275. The van der Waals surface area contributed by atoms with Gasteiger partial charge in [-0.2, -0.15) is 0 Å². The zero-order valence-corrected chi connectivity index (χ0v) is 9.30. The summed E-state index contributed by atoms with van der Waals surface area (Å²) in [6.07, 6.45) is 0. The van der Waals surface area contributed by atoms with Gasteiger partial charge in [0.2, 0.25) is 0 Å². The average molecular weight is 302 g/mol. The lowest BCUT2D eigenvalue weighted by Crippen LogP contribution is -1.86. The molecule has 0 unspecified atom stereocenters. The average Bonchev–Trinajstić information content (AvgIpc) is 1.96. The van der Waals surface area contributed by atoms with Crippen molar-refractivity contribution in [3.05, 3.63) is 33.0 Å². The van der Waals surface area contributed by atoms with Crippen molar-refractivity contribution < 1.29 is 4.39 Å². The zero-order chi connectivity index (χ0) is 8.43. The minimum absolute atomic E-state index is 0.258. The summed E-state index contributed by atoms with van der Waals surface area (Å²) in [5.74, 6) is -0.258. The molecular formula is C7H4Br2ClF. The largest absolute Gasteiger partial charge is 0.205 e. The number of hydrogen-bond donors (Lipinski definition) is 0. The molecule has 0 saturated carbocycles. The predicted molar refractivity (Wildman–Crippen MR) is 51.7 cm³/mol. The van der Waals surface area contributed by atoms with Crippen LogP contribution in [-0.4, -0.2) is 0 Å². The van der Waals surface area contributed by atoms with Crippen LogP contribution in [0.4, 0.5) is 4.39 Å². The van der Waals surface area contributed by atoms with Crippen LogP contribution in [0.3, 0.4) is 0 Å². The first kappa shape index (κ1) is 9.49. The van der Waals surface area contributed by atoms with Gasteiger partial charge in [-0.15, -0.1) is 0 Å². The topological polar surface area (TPSA) is 0 Å². The van der Waals surface area contributed by atoms with Gasteiger partial charge >= 0.3 is 0 Å². The van der Waals surface area contributed by atoms with Gasteiger partial charge in [0.1, 0.15) is 5.82 Å². The van der Waals surface area contributed by atoms with Crippen molar-refractivity contribution in [3.8, 4) is 0 Å². The number of benzene rings is 1. The summed E-state index contributed by atoms with van der Waals surface area (Å²) in [6.45, 7) is 0. The van der Waals surface area contributed by atoms with E-state index in [0.29, 0.717) is 20.4 Å². The van der Waals surface area contributed by atoms with E-state index < -0.39 is 0 Å². The van der Waals surface area contributed by atoms with Gasteiger partial charge in [0.25, 0.3) is 0 Å². The van der Waals surface area contributed by atoms with E-state index in [-0.39, 0.29) is 5.82 Å². The van der Waals surface area contributed by atoms with Crippen LogP contribution in [0.1, 0.15) is 5.56 Å². The van der Waals surface area contributed by atoms with E-state index in [1.165, 1.54) is 6.07 Å².